The number of methoxy groups -OCH3 is 1. The van der Waals surface area contributed by atoms with Gasteiger partial charge in [-0.3, -0.25) is 9.59 Å². The average Bonchev–Trinajstić information content (AvgIpc) is 2.82. The van der Waals surface area contributed by atoms with E-state index in [9.17, 15) is 9.59 Å². The number of carbonyl (C=O) groups excluding carboxylic acids is 2. The molecular formula is C16H22N2O3. The zero-order valence-corrected chi connectivity index (χ0v) is 13.0. The van der Waals surface area contributed by atoms with Gasteiger partial charge in [0.1, 0.15) is 0 Å². The number of carbonyl (C=O) groups is 2. The van der Waals surface area contributed by atoms with Gasteiger partial charge in [0.05, 0.1) is 18.4 Å². The molecule has 1 aliphatic heterocycles. The van der Waals surface area contributed by atoms with Gasteiger partial charge in [0, 0.05) is 13.0 Å². The monoisotopic (exact) mass is 290 g/mol. The normalized spacial score (nSPS) is 15.4. The summed E-state index contributed by atoms with van der Waals surface area (Å²) in [6, 6.07) is 3.68. The summed E-state index contributed by atoms with van der Waals surface area (Å²) in [5.41, 5.74) is 7.23. The van der Waals surface area contributed by atoms with Crippen LogP contribution >= 0.6 is 0 Å². The molecular weight excluding hydrogens is 268 g/mol. The Morgan fingerprint density at radius 1 is 1.33 bits per heavy atom. The number of anilines is 1. The Bertz CT molecular complexity index is 588. The highest BCUT2D eigenvalue weighted by atomic mass is 16.5. The van der Waals surface area contributed by atoms with E-state index >= 15 is 0 Å². The molecule has 1 aromatic rings. The fraction of sp³-hybridized carbons (Fsp3) is 0.500. The van der Waals surface area contributed by atoms with Crippen molar-refractivity contribution >= 4 is 17.5 Å². The van der Waals surface area contributed by atoms with Crippen molar-refractivity contribution in [2.75, 3.05) is 18.6 Å². The first-order chi connectivity index (χ1) is 9.75. The summed E-state index contributed by atoms with van der Waals surface area (Å²) in [6.45, 7) is 6.79. The number of rotatable bonds is 3. The average molecular weight is 290 g/mol. The van der Waals surface area contributed by atoms with Crippen LogP contribution in [-0.2, 0) is 10.2 Å². The van der Waals surface area contributed by atoms with Gasteiger partial charge in [-0.15, -0.1) is 0 Å². The number of hydrogen-bond acceptors (Lipinski definition) is 3. The van der Waals surface area contributed by atoms with Gasteiger partial charge in [-0.25, -0.2) is 0 Å². The van der Waals surface area contributed by atoms with Crippen molar-refractivity contribution in [2.45, 2.75) is 39.0 Å². The minimum Gasteiger partial charge on any atom is -0.494 e. The maximum absolute atomic E-state index is 12.0. The molecule has 0 aromatic heterocycles. The lowest BCUT2D eigenvalue weighted by Crippen LogP contribution is -2.26. The third-order valence-corrected chi connectivity index (χ3v) is 3.77. The summed E-state index contributed by atoms with van der Waals surface area (Å²) in [7, 11) is 1.49. The number of amides is 2. The topological polar surface area (TPSA) is 72.6 Å². The van der Waals surface area contributed by atoms with Crippen LogP contribution < -0.4 is 15.4 Å². The molecule has 1 aromatic carbocycles. The van der Waals surface area contributed by atoms with Crippen LogP contribution in [0.2, 0.25) is 0 Å². The van der Waals surface area contributed by atoms with Gasteiger partial charge >= 0.3 is 0 Å². The molecule has 0 spiro atoms. The summed E-state index contributed by atoms with van der Waals surface area (Å²) in [4.78, 5) is 25.5. The largest absolute Gasteiger partial charge is 0.494 e. The highest BCUT2D eigenvalue weighted by Gasteiger charge is 2.29. The van der Waals surface area contributed by atoms with E-state index in [2.05, 4.69) is 20.8 Å². The van der Waals surface area contributed by atoms with E-state index in [4.69, 9.17) is 10.5 Å². The van der Waals surface area contributed by atoms with Crippen LogP contribution in [0.1, 0.15) is 49.5 Å². The van der Waals surface area contributed by atoms with Crippen molar-refractivity contribution in [2.24, 2.45) is 5.73 Å². The second-order valence-corrected chi connectivity index (χ2v) is 6.34. The molecule has 21 heavy (non-hydrogen) atoms. The Balaban J connectivity index is 2.68. The van der Waals surface area contributed by atoms with Gasteiger partial charge in [-0.1, -0.05) is 20.8 Å². The summed E-state index contributed by atoms with van der Waals surface area (Å²) >= 11 is 0. The molecule has 1 fully saturated rings. The lowest BCUT2D eigenvalue weighted by molar-refractivity contribution is -0.117. The third kappa shape index (κ3) is 2.86. The van der Waals surface area contributed by atoms with E-state index in [1.807, 2.05) is 6.07 Å². The zero-order valence-electron chi connectivity index (χ0n) is 13.0. The van der Waals surface area contributed by atoms with Crippen molar-refractivity contribution in [3.8, 4) is 5.75 Å². The quantitative estimate of drug-likeness (QED) is 0.927. The third-order valence-electron chi connectivity index (χ3n) is 3.77. The Labute approximate surface area is 125 Å². The van der Waals surface area contributed by atoms with Gasteiger partial charge in [0.25, 0.3) is 5.91 Å². The van der Waals surface area contributed by atoms with Crippen molar-refractivity contribution in [3.63, 3.8) is 0 Å². The van der Waals surface area contributed by atoms with Crippen LogP contribution in [0.25, 0.3) is 0 Å². The predicted octanol–water partition coefficient (Wildman–Crippen LogP) is 2.22. The standard InChI is InChI=1S/C16H22N2O3/c1-16(2,3)10-8-11(15(17)20)14(21-4)12(9-10)18-7-5-6-13(18)19/h8-9H,5-7H2,1-4H3,(H2,17,20). The van der Waals surface area contributed by atoms with E-state index in [0.29, 0.717) is 30.0 Å². The highest BCUT2D eigenvalue weighted by molar-refractivity contribution is 6.02. The lowest BCUT2D eigenvalue weighted by atomic mass is 9.85. The molecule has 0 radical (unpaired) electrons. The van der Waals surface area contributed by atoms with Gasteiger partial charge in [-0.2, -0.15) is 0 Å². The molecule has 0 unspecified atom stereocenters. The second kappa shape index (κ2) is 5.39. The molecule has 0 bridgehead atoms. The first kappa shape index (κ1) is 15.4. The van der Waals surface area contributed by atoms with Crippen LogP contribution in [0.4, 0.5) is 5.69 Å². The molecule has 2 rings (SSSR count). The van der Waals surface area contributed by atoms with Crippen LogP contribution in [0.5, 0.6) is 5.75 Å². The summed E-state index contributed by atoms with van der Waals surface area (Å²) < 4.78 is 5.37. The molecule has 0 saturated carbocycles. The smallest absolute Gasteiger partial charge is 0.252 e. The zero-order chi connectivity index (χ0) is 15.8. The predicted molar refractivity (Wildman–Crippen MR) is 81.8 cm³/mol. The van der Waals surface area contributed by atoms with Crippen molar-refractivity contribution in [3.05, 3.63) is 23.3 Å². The molecule has 5 nitrogen and oxygen atoms in total. The maximum atomic E-state index is 12.0. The minimum absolute atomic E-state index is 0.0507. The first-order valence-electron chi connectivity index (χ1n) is 7.08. The molecule has 1 saturated heterocycles. The number of nitrogens with zero attached hydrogens (tertiary/aromatic N) is 1. The van der Waals surface area contributed by atoms with Crippen LogP contribution in [0, 0.1) is 0 Å². The van der Waals surface area contributed by atoms with Gasteiger partial charge < -0.3 is 15.4 Å². The second-order valence-electron chi connectivity index (χ2n) is 6.34. The Kier molecular flexibility index (Phi) is 3.94. The summed E-state index contributed by atoms with van der Waals surface area (Å²) in [6.07, 6.45) is 1.34. The van der Waals surface area contributed by atoms with Crippen molar-refractivity contribution < 1.29 is 14.3 Å². The van der Waals surface area contributed by atoms with Crippen molar-refractivity contribution in [1.29, 1.82) is 0 Å². The van der Waals surface area contributed by atoms with E-state index < -0.39 is 5.91 Å². The van der Waals surface area contributed by atoms with Crippen molar-refractivity contribution in [1.82, 2.24) is 0 Å². The molecule has 0 atom stereocenters. The van der Waals surface area contributed by atoms with E-state index in [0.717, 1.165) is 12.0 Å². The minimum atomic E-state index is -0.550. The maximum Gasteiger partial charge on any atom is 0.252 e. The fourth-order valence-corrected chi connectivity index (χ4v) is 2.55. The molecule has 2 N–H and O–H groups in total. The number of ether oxygens (including phenoxy) is 1. The Hall–Kier alpha value is -2.04. The number of nitrogens with two attached hydrogens (primary N) is 1. The van der Waals surface area contributed by atoms with Crippen LogP contribution in [-0.4, -0.2) is 25.5 Å². The molecule has 5 heteroatoms. The molecule has 2 amide bonds. The van der Waals surface area contributed by atoms with Gasteiger partial charge in [-0.05, 0) is 29.5 Å². The summed E-state index contributed by atoms with van der Waals surface area (Å²) in [5.74, 6) is -0.119. The Morgan fingerprint density at radius 3 is 2.43 bits per heavy atom. The molecule has 0 aliphatic carbocycles. The molecule has 114 valence electrons. The van der Waals surface area contributed by atoms with Gasteiger partial charge in [0.15, 0.2) is 5.75 Å². The SMILES string of the molecule is COc1c(C(N)=O)cc(C(C)(C)C)cc1N1CCCC1=O. The first-order valence-corrected chi connectivity index (χ1v) is 7.08. The number of hydrogen-bond donors (Lipinski definition) is 1. The number of primary amides is 1. The van der Waals surface area contributed by atoms with Gasteiger partial charge in [0.2, 0.25) is 5.91 Å². The van der Waals surface area contributed by atoms with E-state index in [1.165, 1.54) is 7.11 Å². The molecule has 1 heterocycles. The number of benzene rings is 1. The van der Waals surface area contributed by atoms with E-state index in [1.54, 1.807) is 11.0 Å². The lowest BCUT2D eigenvalue weighted by Gasteiger charge is -2.26. The van der Waals surface area contributed by atoms with E-state index in [-0.39, 0.29) is 11.3 Å². The summed E-state index contributed by atoms with van der Waals surface area (Å²) in [5, 5.41) is 0. The fourth-order valence-electron chi connectivity index (χ4n) is 2.55. The highest BCUT2D eigenvalue weighted by Crippen LogP contribution is 2.38. The van der Waals surface area contributed by atoms with Crippen LogP contribution in [0.15, 0.2) is 12.1 Å². The van der Waals surface area contributed by atoms with Crippen LogP contribution in [0.3, 0.4) is 0 Å². The molecule has 1 aliphatic rings. The Morgan fingerprint density at radius 2 is 2.00 bits per heavy atom.